The molecule has 1 atom stereocenters. The number of fused-ring (bicyclic) bond motifs is 1. The van der Waals surface area contributed by atoms with Crippen LogP contribution in [-0.4, -0.2) is 75.5 Å². The first kappa shape index (κ1) is 34.6. The number of ether oxygens (including phenoxy) is 1. The maximum atomic E-state index is 12.6. The highest BCUT2D eigenvalue weighted by Gasteiger charge is 2.44. The van der Waals surface area contributed by atoms with Crippen molar-refractivity contribution in [3.8, 4) is 5.75 Å². The van der Waals surface area contributed by atoms with Gasteiger partial charge in [0.2, 0.25) is 5.91 Å². The van der Waals surface area contributed by atoms with Crippen molar-refractivity contribution in [1.29, 1.82) is 0 Å². The molecular formula is C29H33F6N3O6. The van der Waals surface area contributed by atoms with Crippen LogP contribution in [0.2, 0.25) is 0 Å². The molecule has 9 nitrogen and oxygen atoms in total. The number of rotatable bonds is 6. The number of benzene rings is 1. The number of nitrogens with one attached hydrogen (secondary N) is 1. The number of alkyl halides is 6. The predicted octanol–water partition coefficient (Wildman–Crippen LogP) is 5.17. The number of amides is 1. The molecule has 1 unspecified atom stereocenters. The molecule has 0 radical (unpaired) electrons. The zero-order valence-corrected chi connectivity index (χ0v) is 23.5. The van der Waals surface area contributed by atoms with E-state index in [0.29, 0.717) is 12.3 Å². The second-order valence-electron chi connectivity index (χ2n) is 10.9. The van der Waals surface area contributed by atoms with Crippen LogP contribution in [-0.2, 0) is 20.9 Å². The number of carbonyl (C=O) groups is 3. The van der Waals surface area contributed by atoms with Gasteiger partial charge in [-0.25, -0.2) is 9.59 Å². The van der Waals surface area contributed by atoms with Crippen LogP contribution in [0.3, 0.4) is 0 Å². The van der Waals surface area contributed by atoms with E-state index >= 15 is 0 Å². The van der Waals surface area contributed by atoms with E-state index in [0.717, 1.165) is 51.2 Å². The lowest BCUT2D eigenvalue weighted by molar-refractivity contribution is -0.193. The summed E-state index contributed by atoms with van der Waals surface area (Å²) in [6.07, 6.45) is -0.367. The van der Waals surface area contributed by atoms with Crippen molar-refractivity contribution in [2.24, 2.45) is 5.92 Å². The number of pyridine rings is 1. The molecule has 2 aromatic rings. The maximum absolute atomic E-state index is 12.6. The van der Waals surface area contributed by atoms with Gasteiger partial charge >= 0.3 is 24.3 Å². The van der Waals surface area contributed by atoms with Crippen LogP contribution < -0.4 is 10.1 Å². The Balaban J connectivity index is 0.000000317. The number of aliphatic carboxylic acids is 2. The molecule has 15 heteroatoms. The molecular weight excluding hydrogens is 600 g/mol. The Hall–Kier alpha value is -3.88. The number of aromatic nitrogens is 1. The van der Waals surface area contributed by atoms with Crippen LogP contribution >= 0.6 is 0 Å². The second-order valence-corrected chi connectivity index (χ2v) is 10.9. The lowest BCUT2D eigenvalue weighted by Crippen LogP contribution is -2.50. The molecule has 1 saturated heterocycles. The normalized spacial score (nSPS) is 19.2. The molecule has 3 heterocycles. The largest absolute Gasteiger partial charge is 0.490 e. The Morgan fingerprint density at radius 2 is 1.55 bits per heavy atom. The van der Waals surface area contributed by atoms with Crippen molar-refractivity contribution in [3.05, 3.63) is 59.9 Å². The van der Waals surface area contributed by atoms with Crippen molar-refractivity contribution in [2.45, 2.75) is 68.9 Å². The Bertz CT molecular complexity index is 1240. The topological polar surface area (TPSA) is 129 Å². The van der Waals surface area contributed by atoms with Gasteiger partial charge in [0.1, 0.15) is 11.4 Å². The van der Waals surface area contributed by atoms with Crippen molar-refractivity contribution < 1.29 is 55.7 Å². The minimum atomic E-state index is -5.08. The molecule has 2 fully saturated rings. The molecule has 1 aromatic heterocycles. The zero-order chi connectivity index (χ0) is 32.5. The predicted molar refractivity (Wildman–Crippen MR) is 144 cm³/mol. The van der Waals surface area contributed by atoms with E-state index < -0.39 is 24.3 Å². The molecule has 1 aliphatic carbocycles. The number of carbonyl (C=O) groups excluding carboxylic acids is 1. The lowest BCUT2D eigenvalue weighted by atomic mass is 9.76. The van der Waals surface area contributed by atoms with E-state index in [4.69, 9.17) is 24.5 Å². The lowest BCUT2D eigenvalue weighted by Gasteiger charge is -2.47. The van der Waals surface area contributed by atoms with Crippen LogP contribution in [0.1, 0.15) is 55.6 Å². The average Bonchev–Trinajstić information content (AvgIpc) is 3.78. The fourth-order valence-corrected chi connectivity index (χ4v) is 4.98. The molecule has 5 rings (SSSR count). The first-order valence-corrected chi connectivity index (χ1v) is 13.8. The van der Waals surface area contributed by atoms with Crippen molar-refractivity contribution in [2.75, 3.05) is 19.6 Å². The molecule has 44 heavy (non-hydrogen) atoms. The third-order valence-electron chi connectivity index (χ3n) is 7.40. The summed E-state index contributed by atoms with van der Waals surface area (Å²) in [4.78, 5) is 37.1. The monoisotopic (exact) mass is 633 g/mol. The van der Waals surface area contributed by atoms with Gasteiger partial charge in [-0.1, -0.05) is 24.3 Å². The number of hydrogen-bond donors (Lipinski definition) is 3. The highest BCUT2D eigenvalue weighted by atomic mass is 19.4. The zero-order valence-electron chi connectivity index (χ0n) is 23.5. The third-order valence-corrected chi connectivity index (χ3v) is 7.40. The molecule has 1 saturated carbocycles. The van der Waals surface area contributed by atoms with Gasteiger partial charge in [-0.3, -0.25) is 14.7 Å². The molecule has 242 valence electrons. The van der Waals surface area contributed by atoms with Gasteiger partial charge in [0.05, 0.1) is 0 Å². The van der Waals surface area contributed by atoms with Crippen LogP contribution in [0, 0.1) is 5.92 Å². The summed E-state index contributed by atoms with van der Waals surface area (Å²) in [5.74, 6) is -3.40. The first-order chi connectivity index (χ1) is 20.6. The van der Waals surface area contributed by atoms with E-state index in [2.05, 4.69) is 39.5 Å². The van der Waals surface area contributed by atoms with Gasteiger partial charge < -0.3 is 20.3 Å². The molecule has 1 amide bonds. The van der Waals surface area contributed by atoms with E-state index in [1.807, 2.05) is 24.5 Å². The van der Waals surface area contributed by atoms with Gasteiger partial charge in [0, 0.05) is 50.9 Å². The van der Waals surface area contributed by atoms with Crippen molar-refractivity contribution >= 4 is 17.8 Å². The summed E-state index contributed by atoms with van der Waals surface area (Å²) in [7, 11) is 0. The number of halogens is 6. The van der Waals surface area contributed by atoms with Gasteiger partial charge in [0.15, 0.2) is 0 Å². The van der Waals surface area contributed by atoms with E-state index in [-0.39, 0.29) is 17.4 Å². The summed E-state index contributed by atoms with van der Waals surface area (Å²) < 4.78 is 70.1. The number of nitrogens with zero attached hydrogens (tertiary/aromatic N) is 2. The van der Waals surface area contributed by atoms with Gasteiger partial charge in [0.25, 0.3) is 0 Å². The number of carboxylic acid groups (broad SMARTS) is 2. The molecule has 0 bridgehead atoms. The highest BCUT2D eigenvalue weighted by Crippen LogP contribution is 2.46. The number of piperidine rings is 1. The quantitative estimate of drug-likeness (QED) is 0.372. The van der Waals surface area contributed by atoms with Crippen LogP contribution in [0.5, 0.6) is 5.75 Å². The summed E-state index contributed by atoms with van der Waals surface area (Å²) in [5, 5.41) is 17.4. The molecule has 1 spiro atoms. The summed E-state index contributed by atoms with van der Waals surface area (Å²) in [5.41, 5.74) is 2.30. The van der Waals surface area contributed by atoms with E-state index in [9.17, 15) is 31.1 Å². The minimum absolute atomic E-state index is 0.152. The fraction of sp³-hybridized carbons (Fsp3) is 0.517. The second kappa shape index (κ2) is 14.7. The maximum Gasteiger partial charge on any atom is 0.490 e. The minimum Gasteiger partial charge on any atom is -0.487 e. The Morgan fingerprint density at radius 3 is 2.07 bits per heavy atom. The standard InChI is InChI=1S/C25H31N3O2.2C2HF3O2/c29-24(27-17-19-7-8-19)14-21-15-25(30-23-6-2-1-5-22(21)23)9-12-28(13-10-25)18-20-4-3-11-26-16-20;2*3-2(4,5)1(6)7/h1-6,11,16,19,21H,7-10,12-15,17-18H2,(H,27,29);2*(H,6,7). The van der Waals surface area contributed by atoms with Gasteiger partial charge in [-0.15, -0.1) is 0 Å². The van der Waals surface area contributed by atoms with Crippen LogP contribution in [0.25, 0.3) is 0 Å². The molecule has 2 aliphatic heterocycles. The Labute approximate surface area is 249 Å². The number of para-hydroxylation sites is 1. The fourth-order valence-electron chi connectivity index (χ4n) is 4.98. The van der Waals surface area contributed by atoms with Crippen molar-refractivity contribution in [3.63, 3.8) is 0 Å². The summed E-state index contributed by atoms with van der Waals surface area (Å²) in [6, 6.07) is 12.5. The first-order valence-electron chi connectivity index (χ1n) is 13.8. The summed E-state index contributed by atoms with van der Waals surface area (Å²) in [6.45, 7) is 3.81. The SMILES string of the molecule is O=C(CC1CC2(CCN(Cc3cccnc3)CC2)Oc2ccccc21)NCC1CC1.O=C(O)C(F)(F)F.O=C(O)C(F)(F)F. The summed E-state index contributed by atoms with van der Waals surface area (Å²) >= 11 is 0. The third kappa shape index (κ3) is 11.0. The van der Waals surface area contributed by atoms with Crippen molar-refractivity contribution in [1.82, 2.24) is 15.2 Å². The van der Waals surface area contributed by atoms with E-state index in [1.54, 1.807) is 0 Å². The van der Waals surface area contributed by atoms with Gasteiger partial charge in [-0.2, -0.15) is 26.3 Å². The Morgan fingerprint density at radius 1 is 0.955 bits per heavy atom. The molecule has 3 aliphatic rings. The highest BCUT2D eigenvalue weighted by molar-refractivity contribution is 5.77. The smallest absolute Gasteiger partial charge is 0.487 e. The molecule has 1 aromatic carbocycles. The van der Waals surface area contributed by atoms with Gasteiger partial charge in [-0.05, 0) is 61.3 Å². The van der Waals surface area contributed by atoms with E-state index in [1.165, 1.54) is 24.0 Å². The Kier molecular flexibility index (Phi) is 11.6. The number of carboxylic acids is 2. The average molecular weight is 634 g/mol. The number of hydrogen-bond acceptors (Lipinski definition) is 6. The molecule has 3 N–H and O–H groups in total. The number of likely N-dealkylation sites (tertiary alicyclic amines) is 1. The van der Waals surface area contributed by atoms with Crippen LogP contribution in [0.15, 0.2) is 48.8 Å². The van der Waals surface area contributed by atoms with Crippen LogP contribution in [0.4, 0.5) is 26.3 Å².